The number of imidazole rings is 1. The van der Waals surface area contributed by atoms with E-state index in [9.17, 15) is 0 Å². The van der Waals surface area contributed by atoms with Crippen molar-refractivity contribution in [1.82, 2.24) is 9.97 Å². The second-order valence-electron chi connectivity index (χ2n) is 4.35. The number of nitrogens with one attached hydrogen (secondary N) is 2. The Kier molecular flexibility index (Phi) is 4.40. The van der Waals surface area contributed by atoms with Crippen LogP contribution in [0, 0.1) is 4.77 Å². The molecule has 1 aromatic carbocycles. The molecule has 2 N–H and O–H groups in total. The summed E-state index contributed by atoms with van der Waals surface area (Å²) in [5.74, 6) is 0. The molecule has 0 fully saturated rings. The summed E-state index contributed by atoms with van der Waals surface area (Å²) in [4.78, 5) is 6.31. The fraction of sp³-hybridized carbons (Fsp3) is 0.462. The van der Waals surface area contributed by atoms with Crippen molar-refractivity contribution in [3.05, 3.63) is 26.9 Å². The van der Waals surface area contributed by atoms with Crippen molar-refractivity contribution in [2.24, 2.45) is 0 Å². The average molecular weight is 313 g/mol. The Labute approximate surface area is 115 Å². The summed E-state index contributed by atoms with van der Waals surface area (Å²) in [5.41, 5.74) is 3.51. The fourth-order valence-corrected chi connectivity index (χ4v) is 2.90. The maximum atomic E-state index is 5.11. The lowest BCUT2D eigenvalue weighted by atomic mass is 10.1. The van der Waals surface area contributed by atoms with Crippen LogP contribution >= 0.6 is 28.1 Å². The van der Waals surface area contributed by atoms with E-state index in [0.717, 1.165) is 21.9 Å². The number of fused-ring (bicyclic) bond motifs is 1. The van der Waals surface area contributed by atoms with Crippen molar-refractivity contribution in [3.8, 4) is 0 Å². The monoisotopic (exact) mass is 312 g/mol. The van der Waals surface area contributed by atoms with Gasteiger partial charge in [-0.2, -0.15) is 0 Å². The molecule has 0 amide bonds. The molecule has 2 aromatic rings. The van der Waals surface area contributed by atoms with Crippen LogP contribution in [0.4, 0.5) is 0 Å². The van der Waals surface area contributed by atoms with Gasteiger partial charge in [-0.05, 0) is 52.6 Å². The minimum atomic E-state index is 0.684. The molecule has 2 rings (SSSR count). The first-order valence-corrected chi connectivity index (χ1v) is 7.32. The van der Waals surface area contributed by atoms with Crippen molar-refractivity contribution in [3.63, 3.8) is 0 Å². The van der Waals surface area contributed by atoms with Gasteiger partial charge < -0.3 is 9.97 Å². The van der Waals surface area contributed by atoms with Crippen LogP contribution in [0.5, 0.6) is 0 Å². The molecular formula is C13H17BrN2S. The summed E-state index contributed by atoms with van der Waals surface area (Å²) < 4.78 is 1.84. The van der Waals surface area contributed by atoms with Crippen LogP contribution < -0.4 is 0 Å². The molecule has 0 bridgehead atoms. The number of halogens is 1. The number of rotatable bonds is 5. The Bertz CT molecular complexity index is 556. The molecule has 0 saturated heterocycles. The zero-order valence-electron chi connectivity index (χ0n) is 9.98. The lowest BCUT2D eigenvalue weighted by Gasteiger charge is -2.05. The molecule has 4 heteroatoms. The summed E-state index contributed by atoms with van der Waals surface area (Å²) in [6.07, 6.45) is 6.30. The van der Waals surface area contributed by atoms with Crippen LogP contribution in [-0.4, -0.2) is 9.97 Å². The number of aromatic nitrogens is 2. The highest BCUT2D eigenvalue weighted by Crippen LogP contribution is 2.27. The van der Waals surface area contributed by atoms with Crippen LogP contribution in [-0.2, 0) is 6.42 Å². The minimum absolute atomic E-state index is 0.684. The van der Waals surface area contributed by atoms with E-state index < -0.39 is 0 Å². The van der Waals surface area contributed by atoms with Gasteiger partial charge in [-0.15, -0.1) is 0 Å². The van der Waals surface area contributed by atoms with Crippen LogP contribution in [0.1, 0.15) is 38.2 Å². The van der Waals surface area contributed by atoms with E-state index in [4.69, 9.17) is 12.2 Å². The maximum Gasteiger partial charge on any atom is 0.175 e. The zero-order chi connectivity index (χ0) is 12.3. The third-order valence-electron chi connectivity index (χ3n) is 3.01. The van der Waals surface area contributed by atoms with Gasteiger partial charge in [-0.3, -0.25) is 0 Å². The highest BCUT2D eigenvalue weighted by molar-refractivity contribution is 9.10. The summed E-state index contributed by atoms with van der Waals surface area (Å²) >= 11 is 8.77. The Morgan fingerprint density at radius 2 is 2.00 bits per heavy atom. The Hall–Kier alpha value is -0.610. The summed E-state index contributed by atoms with van der Waals surface area (Å²) in [7, 11) is 0. The van der Waals surface area contributed by atoms with E-state index in [2.05, 4.69) is 45.0 Å². The lowest BCUT2D eigenvalue weighted by molar-refractivity contribution is 0.666. The number of unbranched alkanes of at least 4 members (excludes halogenated alkanes) is 3. The van der Waals surface area contributed by atoms with Gasteiger partial charge in [0.1, 0.15) is 0 Å². The molecule has 1 heterocycles. The first-order valence-electron chi connectivity index (χ1n) is 6.11. The number of aryl methyl sites for hydroxylation is 1. The fourth-order valence-electron chi connectivity index (χ4n) is 2.05. The number of aromatic amines is 2. The van der Waals surface area contributed by atoms with Gasteiger partial charge in [-0.1, -0.05) is 32.3 Å². The first kappa shape index (κ1) is 12.8. The number of hydrogen-bond acceptors (Lipinski definition) is 1. The van der Waals surface area contributed by atoms with Crippen molar-refractivity contribution < 1.29 is 0 Å². The van der Waals surface area contributed by atoms with E-state index >= 15 is 0 Å². The van der Waals surface area contributed by atoms with E-state index in [1.165, 1.54) is 31.2 Å². The molecule has 0 unspecified atom stereocenters. The summed E-state index contributed by atoms with van der Waals surface area (Å²) in [6.45, 7) is 2.24. The van der Waals surface area contributed by atoms with E-state index in [1.54, 1.807) is 0 Å². The van der Waals surface area contributed by atoms with Gasteiger partial charge in [0, 0.05) is 4.47 Å². The highest BCUT2D eigenvalue weighted by Gasteiger charge is 2.06. The largest absolute Gasteiger partial charge is 0.331 e. The van der Waals surface area contributed by atoms with Crippen molar-refractivity contribution in [1.29, 1.82) is 0 Å². The maximum absolute atomic E-state index is 5.11. The molecule has 0 aliphatic heterocycles. The smallest absolute Gasteiger partial charge is 0.175 e. The molecular weight excluding hydrogens is 296 g/mol. The Balaban J connectivity index is 2.17. The predicted molar refractivity (Wildman–Crippen MR) is 79.0 cm³/mol. The predicted octanol–water partition coefficient (Wildman–Crippen LogP) is 5.11. The molecule has 92 valence electrons. The van der Waals surface area contributed by atoms with E-state index in [1.807, 2.05) is 0 Å². The van der Waals surface area contributed by atoms with Crippen molar-refractivity contribution in [2.75, 3.05) is 0 Å². The normalized spacial score (nSPS) is 11.2. The van der Waals surface area contributed by atoms with Gasteiger partial charge in [-0.25, -0.2) is 0 Å². The van der Waals surface area contributed by atoms with Gasteiger partial charge in [0.2, 0.25) is 0 Å². The molecule has 0 atom stereocenters. The van der Waals surface area contributed by atoms with Crippen molar-refractivity contribution >= 4 is 39.2 Å². The number of H-pyrrole nitrogens is 2. The van der Waals surface area contributed by atoms with E-state index in [-0.39, 0.29) is 0 Å². The van der Waals surface area contributed by atoms with Crippen LogP contribution in [0.25, 0.3) is 11.0 Å². The molecule has 17 heavy (non-hydrogen) atoms. The van der Waals surface area contributed by atoms with Gasteiger partial charge in [0.05, 0.1) is 11.0 Å². The topological polar surface area (TPSA) is 31.6 Å². The SMILES string of the molecule is CCCCCCc1ccc2[nH]c(=S)[nH]c2c1Br. The third kappa shape index (κ3) is 2.99. The minimum Gasteiger partial charge on any atom is -0.331 e. The number of benzene rings is 1. The van der Waals surface area contributed by atoms with Crippen molar-refractivity contribution in [2.45, 2.75) is 39.0 Å². The summed E-state index contributed by atoms with van der Waals surface area (Å²) in [5, 5.41) is 0. The van der Waals surface area contributed by atoms with Gasteiger partial charge in [0.15, 0.2) is 4.77 Å². The quantitative estimate of drug-likeness (QED) is 0.583. The second-order valence-corrected chi connectivity index (χ2v) is 5.55. The number of hydrogen-bond donors (Lipinski definition) is 2. The van der Waals surface area contributed by atoms with E-state index in [0.29, 0.717) is 4.77 Å². The Morgan fingerprint density at radius 3 is 2.76 bits per heavy atom. The van der Waals surface area contributed by atoms with Crippen LogP contribution in [0.15, 0.2) is 16.6 Å². The Morgan fingerprint density at radius 1 is 1.18 bits per heavy atom. The molecule has 1 aromatic heterocycles. The molecule has 0 aliphatic rings. The zero-order valence-corrected chi connectivity index (χ0v) is 12.4. The lowest BCUT2D eigenvalue weighted by Crippen LogP contribution is -1.88. The summed E-state index contributed by atoms with van der Waals surface area (Å²) in [6, 6.07) is 4.28. The van der Waals surface area contributed by atoms with Crippen LogP contribution in [0.3, 0.4) is 0 Å². The first-order chi connectivity index (χ1) is 8.22. The molecule has 0 saturated carbocycles. The van der Waals surface area contributed by atoms with Gasteiger partial charge in [0.25, 0.3) is 0 Å². The standard InChI is InChI=1S/C13H17BrN2S/c1-2-3-4-5-6-9-7-8-10-12(11(9)14)16-13(17)15-10/h7-8H,2-6H2,1H3,(H2,15,16,17). The molecule has 2 nitrogen and oxygen atoms in total. The second kappa shape index (κ2) is 5.83. The highest BCUT2D eigenvalue weighted by atomic mass is 79.9. The van der Waals surface area contributed by atoms with Gasteiger partial charge >= 0.3 is 0 Å². The average Bonchev–Trinajstić information content (AvgIpc) is 2.69. The van der Waals surface area contributed by atoms with Crippen LogP contribution in [0.2, 0.25) is 0 Å². The third-order valence-corrected chi connectivity index (χ3v) is 4.12. The molecule has 0 radical (unpaired) electrons. The molecule has 0 spiro atoms. The molecule has 0 aliphatic carbocycles.